The molecular formula is C21H31N3O2. The van der Waals surface area contributed by atoms with E-state index in [0.717, 1.165) is 38.8 Å². The monoisotopic (exact) mass is 357 g/mol. The molecule has 1 aromatic rings. The summed E-state index contributed by atoms with van der Waals surface area (Å²) in [5, 5.41) is 3.24. The standard InChI is InChI=1S/C21H31N3O2/c1-20(2)9-10-21(3,4)17-13-15(5-6-16(17)20)19(26)24-23-18(25)14-7-11-22-12-8-14/h5-6,13-14,22H,7-12H2,1-4H3,(H,23,25)(H,24,26). The maximum atomic E-state index is 12.6. The molecule has 0 aromatic heterocycles. The van der Waals surface area contributed by atoms with Gasteiger partial charge >= 0.3 is 0 Å². The Labute approximate surface area is 156 Å². The summed E-state index contributed by atoms with van der Waals surface area (Å²) in [7, 11) is 0. The van der Waals surface area contributed by atoms with Gasteiger partial charge in [-0.15, -0.1) is 0 Å². The second kappa shape index (κ2) is 7.03. The van der Waals surface area contributed by atoms with Crippen LogP contribution in [0, 0.1) is 5.92 Å². The van der Waals surface area contributed by atoms with Crippen LogP contribution >= 0.6 is 0 Å². The van der Waals surface area contributed by atoms with E-state index in [1.165, 1.54) is 11.1 Å². The van der Waals surface area contributed by atoms with Gasteiger partial charge in [-0.05, 0) is 72.9 Å². The van der Waals surface area contributed by atoms with Gasteiger partial charge in [0.15, 0.2) is 0 Å². The number of rotatable bonds is 2. The Morgan fingerprint density at radius 1 is 0.962 bits per heavy atom. The van der Waals surface area contributed by atoms with Crippen molar-refractivity contribution in [2.24, 2.45) is 5.92 Å². The Hall–Kier alpha value is -1.88. The first-order valence-corrected chi connectivity index (χ1v) is 9.67. The Kier molecular flexibility index (Phi) is 5.11. The molecule has 1 aromatic carbocycles. The molecule has 0 radical (unpaired) electrons. The van der Waals surface area contributed by atoms with Gasteiger partial charge in [-0.1, -0.05) is 33.8 Å². The van der Waals surface area contributed by atoms with Crippen LogP contribution in [0.4, 0.5) is 0 Å². The third kappa shape index (κ3) is 3.78. The Bertz CT molecular complexity index is 703. The fourth-order valence-corrected chi connectivity index (χ4v) is 4.11. The summed E-state index contributed by atoms with van der Waals surface area (Å²) >= 11 is 0. The van der Waals surface area contributed by atoms with Crippen LogP contribution in [0.5, 0.6) is 0 Å². The highest BCUT2D eigenvalue weighted by Gasteiger charge is 2.37. The molecule has 5 heteroatoms. The summed E-state index contributed by atoms with van der Waals surface area (Å²) in [5.41, 5.74) is 8.54. The lowest BCUT2D eigenvalue weighted by Crippen LogP contribution is -2.46. The first-order valence-electron chi connectivity index (χ1n) is 9.67. The molecular weight excluding hydrogens is 326 g/mol. The molecule has 3 rings (SSSR count). The SMILES string of the molecule is CC1(C)CCC(C)(C)c2cc(C(=O)NNC(=O)C3CCNCC3)ccc21. The first kappa shape index (κ1) is 18.9. The molecule has 5 nitrogen and oxygen atoms in total. The predicted octanol–water partition coefficient (Wildman–Crippen LogP) is 2.80. The molecule has 1 aliphatic carbocycles. The summed E-state index contributed by atoms with van der Waals surface area (Å²) in [5.74, 6) is -0.381. The van der Waals surface area contributed by atoms with Gasteiger partial charge in [0.05, 0.1) is 0 Å². The van der Waals surface area contributed by atoms with Crippen molar-refractivity contribution >= 4 is 11.8 Å². The number of nitrogens with one attached hydrogen (secondary N) is 3. The van der Waals surface area contributed by atoms with Crippen molar-refractivity contribution in [3.8, 4) is 0 Å². The number of hydrogen-bond acceptors (Lipinski definition) is 3. The number of fused-ring (bicyclic) bond motifs is 1. The molecule has 1 fully saturated rings. The average Bonchev–Trinajstić information content (AvgIpc) is 2.63. The first-order chi connectivity index (χ1) is 12.2. The van der Waals surface area contributed by atoms with Crippen LogP contribution in [0.2, 0.25) is 0 Å². The predicted molar refractivity (Wildman–Crippen MR) is 103 cm³/mol. The molecule has 3 N–H and O–H groups in total. The van der Waals surface area contributed by atoms with Gasteiger partial charge in [0, 0.05) is 11.5 Å². The molecule has 142 valence electrons. The lowest BCUT2D eigenvalue weighted by Gasteiger charge is -2.42. The zero-order valence-electron chi connectivity index (χ0n) is 16.4. The lowest BCUT2D eigenvalue weighted by molar-refractivity contribution is -0.126. The molecule has 2 amide bonds. The van der Waals surface area contributed by atoms with Crippen LogP contribution < -0.4 is 16.2 Å². The molecule has 0 bridgehead atoms. The fourth-order valence-electron chi connectivity index (χ4n) is 4.11. The minimum absolute atomic E-state index is 0.0279. The van der Waals surface area contributed by atoms with E-state index in [-0.39, 0.29) is 28.6 Å². The van der Waals surface area contributed by atoms with Crippen LogP contribution in [-0.2, 0) is 15.6 Å². The summed E-state index contributed by atoms with van der Waals surface area (Å²) in [4.78, 5) is 24.8. The van der Waals surface area contributed by atoms with Gasteiger partial charge in [0.1, 0.15) is 0 Å². The fraction of sp³-hybridized carbons (Fsp3) is 0.619. The molecule has 1 saturated heterocycles. The van der Waals surface area contributed by atoms with Crippen LogP contribution in [0.25, 0.3) is 0 Å². The van der Waals surface area contributed by atoms with Gasteiger partial charge in [0.25, 0.3) is 5.91 Å². The highest BCUT2D eigenvalue weighted by Crippen LogP contribution is 2.45. The number of benzene rings is 1. The van der Waals surface area contributed by atoms with E-state index in [1.54, 1.807) is 0 Å². The number of hydrazine groups is 1. The minimum atomic E-state index is -0.255. The summed E-state index contributed by atoms with van der Waals surface area (Å²) in [6.07, 6.45) is 3.86. The molecule has 0 saturated carbocycles. The maximum Gasteiger partial charge on any atom is 0.269 e. The van der Waals surface area contributed by atoms with Gasteiger partial charge < -0.3 is 5.32 Å². The second-order valence-corrected chi connectivity index (χ2v) is 9.00. The van der Waals surface area contributed by atoms with Gasteiger partial charge in [-0.2, -0.15) is 0 Å². The van der Waals surface area contributed by atoms with Gasteiger partial charge in [0.2, 0.25) is 5.91 Å². The Morgan fingerprint density at radius 3 is 2.23 bits per heavy atom. The normalized spacial score (nSPS) is 21.5. The zero-order valence-corrected chi connectivity index (χ0v) is 16.4. The third-order valence-corrected chi connectivity index (χ3v) is 6.12. The number of carbonyl (C=O) groups excluding carboxylic acids is 2. The maximum absolute atomic E-state index is 12.6. The van der Waals surface area contributed by atoms with E-state index in [2.05, 4.69) is 49.9 Å². The van der Waals surface area contributed by atoms with Crippen molar-refractivity contribution in [2.45, 2.75) is 64.2 Å². The van der Waals surface area contributed by atoms with Gasteiger partial charge in [-0.25, -0.2) is 0 Å². The third-order valence-electron chi connectivity index (χ3n) is 6.12. The zero-order chi connectivity index (χ0) is 18.9. The minimum Gasteiger partial charge on any atom is -0.317 e. The number of piperidine rings is 1. The number of amides is 2. The van der Waals surface area contributed by atoms with Crippen LogP contribution in [-0.4, -0.2) is 24.9 Å². The lowest BCUT2D eigenvalue weighted by atomic mass is 9.63. The second-order valence-electron chi connectivity index (χ2n) is 9.00. The molecule has 0 spiro atoms. The van der Waals surface area contributed by atoms with Crippen molar-refractivity contribution in [1.29, 1.82) is 0 Å². The Balaban J connectivity index is 1.71. The summed E-state index contributed by atoms with van der Waals surface area (Å²) < 4.78 is 0. The molecule has 26 heavy (non-hydrogen) atoms. The molecule has 1 aliphatic heterocycles. The van der Waals surface area contributed by atoms with Crippen LogP contribution in [0.1, 0.15) is 74.9 Å². The topological polar surface area (TPSA) is 70.2 Å². The van der Waals surface area contributed by atoms with E-state index in [4.69, 9.17) is 0 Å². The highest BCUT2D eigenvalue weighted by molar-refractivity contribution is 5.96. The van der Waals surface area contributed by atoms with E-state index < -0.39 is 0 Å². The van der Waals surface area contributed by atoms with E-state index in [9.17, 15) is 9.59 Å². The molecule has 2 aliphatic rings. The number of hydrogen-bond donors (Lipinski definition) is 3. The average molecular weight is 357 g/mol. The smallest absolute Gasteiger partial charge is 0.269 e. The van der Waals surface area contributed by atoms with Crippen molar-refractivity contribution < 1.29 is 9.59 Å². The van der Waals surface area contributed by atoms with Crippen LogP contribution in [0.15, 0.2) is 18.2 Å². The van der Waals surface area contributed by atoms with Crippen LogP contribution in [0.3, 0.4) is 0 Å². The largest absolute Gasteiger partial charge is 0.317 e. The number of carbonyl (C=O) groups is 2. The summed E-state index contributed by atoms with van der Waals surface area (Å²) in [6.45, 7) is 10.7. The van der Waals surface area contributed by atoms with Crippen molar-refractivity contribution in [1.82, 2.24) is 16.2 Å². The van der Waals surface area contributed by atoms with E-state index in [0.29, 0.717) is 5.56 Å². The molecule has 0 unspecified atom stereocenters. The summed E-state index contributed by atoms with van der Waals surface area (Å²) in [6, 6.07) is 5.95. The quantitative estimate of drug-likeness (QED) is 0.713. The van der Waals surface area contributed by atoms with Crippen molar-refractivity contribution in [3.63, 3.8) is 0 Å². The van der Waals surface area contributed by atoms with Gasteiger partial charge in [-0.3, -0.25) is 20.4 Å². The van der Waals surface area contributed by atoms with E-state index in [1.807, 2.05) is 12.1 Å². The van der Waals surface area contributed by atoms with E-state index >= 15 is 0 Å². The van der Waals surface area contributed by atoms with Crippen molar-refractivity contribution in [2.75, 3.05) is 13.1 Å². The molecule has 0 atom stereocenters. The van der Waals surface area contributed by atoms with Crippen molar-refractivity contribution in [3.05, 3.63) is 34.9 Å². The highest BCUT2D eigenvalue weighted by atomic mass is 16.2. The Morgan fingerprint density at radius 2 is 1.58 bits per heavy atom. The molecule has 1 heterocycles.